The van der Waals surface area contributed by atoms with Crippen LogP contribution in [0.15, 0.2) is 18.5 Å². The molecule has 0 saturated carbocycles. The molecular formula is C14H16N2O4. The van der Waals surface area contributed by atoms with Gasteiger partial charge in [-0.05, 0) is 13.0 Å². The van der Waals surface area contributed by atoms with Gasteiger partial charge in [0.2, 0.25) is 0 Å². The van der Waals surface area contributed by atoms with Crippen molar-refractivity contribution in [2.75, 3.05) is 13.7 Å². The predicted octanol–water partition coefficient (Wildman–Crippen LogP) is 0.107. The first-order valence-electron chi connectivity index (χ1n) is 6.02. The minimum absolute atomic E-state index is 0.0166. The summed E-state index contributed by atoms with van der Waals surface area (Å²) in [5.74, 6) is 4.57. The summed E-state index contributed by atoms with van der Waals surface area (Å²) in [6.07, 6.45) is 3.26. The van der Waals surface area contributed by atoms with Crippen molar-refractivity contribution in [1.29, 1.82) is 0 Å². The van der Waals surface area contributed by atoms with Crippen LogP contribution in [0.4, 0.5) is 0 Å². The molecule has 0 radical (unpaired) electrons. The number of carbonyl (C=O) groups is 2. The average molecular weight is 276 g/mol. The van der Waals surface area contributed by atoms with E-state index in [2.05, 4.69) is 26.9 Å². The van der Waals surface area contributed by atoms with Crippen LogP contribution in [0.25, 0.3) is 0 Å². The van der Waals surface area contributed by atoms with E-state index in [9.17, 15) is 9.59 Å². The number of methoxy groups -OCH3 is 1. The van der Waals surface area contributed by atoms with Crippen LogP contribution in [0.2, 0.25) is 0 Å². The lowest BCUT2D eigenvalue weighted by molar-refractivity contribution is -0.142. The van der Waals surface area contributed by atoms with Crippen LogP contribution >= 0.6 is 0 Å². The summed E-state index contributed by atoms with van der Waals surface area (Å²) in [7, 11) is 1.25. The molecule has 0 aliphatic heterocycles. The topological polar surface area (TPSA) is 88.5 Å². The van der Waals surface area contributed by atoms with Crippen LogP contribution in [0.1, 0.15) is 29.3 Å². The van der Waals surface area contributed by atoms with Gasteiger partial charge >= 0.3 is 5.97 Å². The molecule has 1 atom stereocenters. The number of ether oxygens (including phenoxy) is 1. The molecule has 6 heteroatoms. The van der Waals surface area contributed by atoms with E-state index in [0.29, 0.717) is 17.5 Å². The lowest BCUT2D eigenvalue weighted by Crippen LogP contribution is -2.39. The number of pyridine rings is 1. The van der Waals surface area contributed by atoms with Gasteiger partial charge in [-0.15, -0.1) is 0 Å². The number of aromatic nitrogens is 1. The molecular weight excluding hydrogens is 260 g/mol. The van der Waals surface area contributed by atoms with Gasteiger partial charge in [-0.1, -0.05) is 11.8 Å². The van der Waals surface area contributed by atoms with Crippen molar-refractivity contribution in [2.45, 2.75) is 19.4 Å². The Bertz CT molecular complexity index is 546. The number of amides is 1. The second-order valence-corrected chi connectivity index (χ2v) is 3.96. The summed E-state index contributed by atoms with van der Waals surface area (Å²) < 4.78 is 4.52. The van der Waals surface area contributed by atoms with Crippen molar-refractivity contribution in [3.8, 4) is 11.8 Å². The third kappa shape index (κ3) is 4.71. The summed E-state index contributed by atoms with van der Waals surface area (Å²) in [6.45, 7) is 1.51. The minimum atomic E-state index is -0.739. The van der Waals surface area contributed by atoms with Crippen LogP contribution in [0.3, 0.4) is 0 Å². The van der Waals surface area contributed by atoms with Gasteiger partial charge < -0.3 is 15.2 Å². The Morgan fingerprint density at radius 1 is 1.50 bits per heavy atom. The second kappa shape index (κ2) is 7.92. The summed E-state index contributed by atoms with van der Waals surface area (Å²) >= 11 is 0. The maximum absolute atomic E-state index is 11.9. The molecule has 0 aliphatic rings. The maximum atomic E-state index is 11.9. The van der Waals surface area contributed by atoms with Gasteiger partial charge in [0.05, 0.1) is 19.3 Å². The van der Waals surface area contributed by atoms with Crippen molar-refractivity contribution in [1.82, 2.24) is 10.3 Å². The number of hydrogen-bond donors (Lipinski definition) is 2. The van der Waals surface area contributed by atoms with E-state index in [1.165, 1.54) is 26.4 Å². The third-order valence-electron chi connectivity index (χ3n) is 2.37. The molecule has 1 aromatic heterocycles. The van der Waals surface area contributed by atoms with Gasteiger partial charge in [-0.3, -0.25) is 9.78 Å². The number of nitrogens with zero attached hydrogens (tertiary/aromatic N) is 1. The molecule has 1 unspecified atom stereocenters. The first-order valence-corrected chi connectivity index (χ1v) is 6.02. The fraction of sp³-hybridized carbons (Fsp3) is 0.357. The molecule has 20 heavy (non-hydrogen) atoms. The highest BCUT2D eigenvalue weighted by atomic mass is 16.5. The largest absolute Gasteiger partial charge is 0.467 e. The van der Waals surface area contributed by atoms with Gasteiger partial charge in [0.15, 0.2) is 0 Å². The van der Waals surface area contributed by atoms with Crippen molar-refractivity contribution in [3.63, 3.8) is 0 Å². The molecule has 2 N–H and O–H groups in total. The van der Waals surface area contributed by atoms with E-state index in [0.717, 1.165) is 0 Å². The summed E-state index contributed by atoms with van der Waals surface area (Å²) in [5, 5.41) is 11.1. The van der Waals surface area contributed by atoms with Crippen molar-refractivity contribution in [2.24, 2.45) is 0 Å². The van der Waals surface area contributed by atoms with E-state index in [-0.39, 0.29) is 6.61 Å². The Balaban J connectivity index is 2.77. The van der Waals surface area contributed by atoms with Crippen molar-refractivity contribution < 1.29 is 19.4 Å². The molecule has 0 aliphatic carbocycles. The van der Waals surface area contributed by atoms with Crippen molar-refractivity contribution in [3.05, 3.63) is 29.6 Å². The van der Waals surface area contributed by atoms with Gasteiger partial charge in [-0.25, -0.2) is 4.79 Å². The highest BCUT2D eigenvalue weighted by Crippen LogP contribution is 2.02. The monoisotopic (exact) mass is 276 g/mol. The first-order chi connectivity index (χ1) is 9.58. The van der Waals surface area contributed by atoms with E-state index in [4.69, 9.17) is 5.11 Å². The molecule has 0 saturated heterocycles. The minimum Gasteiger partial charge on any atom is -0.467 e. The van der Waals surface area contributed by atoms with Crippen LogP contribution in [-0.2, 0) is 9.53 Å². The Labute approximate surface area is 117 Å². The highest BCUT2D eigenvalue weighted by Gasteiger charge is 2.17. The summed E-state index contributed by atoms with van der Waals surface area (Å²) in [5.41, 5.74) is 0.869. The maximum Gasteiger partial charge on any atom is 0.328 e. The van der Waals surface area contributed by atoms with E-state index in [1.54, 1.807) is 6.07 Å². The SMILES string of the molecule is COC(=O)C(C)NC(=O)c1cncc(C#CCCO)c1. The molecule has 1 heterocycles. The second-order valence-electron chi connectivity index (χ2n) is 3.96. The number of esters is 1. The van der Waals surface area contributed by atoms with Crippen molar-refractivity contribution >= 4 is 11.9 Å². The Morgan fingerprint density at radius 2 is 2.25 bits per heavy atom. The molecule has 6 nitrogen and oxygen atoms in total. The fourth-order valence-corrected chi connectivity index (χ4v) is 1.37. The average Bonchev–Trinajstić information content (AvgIpc) is 2.46. The Kier molecular flexibility index (Phi) is 6.20. The van der Waals surface area contributed by atoms with E-state index < -0.39 is 17.9 Å². The van der Waals surface area contributed by atoms with Crippen LogP contribution < -0.4 is 5.32 Å². The summed E-state index contributed by atoms with van der Waals surface area (Å²) in [6, 6.07) is 0.827. The number of rotatable bonds is 4. The van der Waals surface area contributed by atoms with Crippen LogP contribution in [0, 0.1) is 11.8 Å². The number of aliphatic hydroxyl groups excluding tert-OH is 1. The number of nitrogens with one attached hydrogen (secondary N) is 1. The van der Waals surface area contributed by atoms with Crippen LogP contribution in [0.5, 0.6) is 0 Å². The predicted molar refractivity (Wildman–Crippen MR) is 71.8 cm³/mol. The number of carbonyl (C=O) groups excluding carboxylic acids is 2. The first kappa shape index (κ1) is 15.7. The highest BCUT2D eigenvalue weighted by molar-refractivity contribution is 5.96. The van der Waals surface area contributed by atoms with Gasteiger partial charge in [0, 0.05) is 24.4 Å². The normalized spacial score (nSPS) is 10.9. The van der Waals surface area contributed by atoms with Gasteiger partial charge in [-0.2, -0.15) is 0 Å². The lowest BCUT2D eigenvalue weighted by atomic mass is 10.2. The molecule has 1 aromatic rings. The lowest BCUT2D eigenvalue weighted by Gasteiger charge is -2.11. The molecule has 0 aromatic carbocycles. The third-order valence-corrected chi connectivity index (χ3v) is 2.37. The number of aliphatic hydroxyl groups is 1. The fourth-order valence-electron chi connectivity index (χ4n) is 1.37. The quantitative estimate of drug-likeness (QED) is 0.602. The molecule has 1 amide bonds. The smallest absolute Gasteiger partial charge is 0.328 e. The molecule has 106 valence electrons. The van der Waals surface area contributed by atoms with Gasteiger partial charge in [0.25, 0.3) is 5.91 Å². The van der Waals surface area contributed by atoms with E-state index in [1.807, 2.05) is 0 Å². The zero-order valence-electron chi connectivity index (χ0n) is 11.3. The molecule has 1 rings (SSSR count). The van der Waals surface area contributed by atoms with E-state index >= 15 is 0 Å². The zero-order chi connectivity index (χ0) is 15.0. The van der Waals surface area contributed by atoms with Gasteiger partial charge in [0.1, 0.15) is 6.04 Å². The zero-order valence-corrected chi connectivity index (χ0v) is 11.3. The summed E-state index contributed by atoms with van der Waals surface area (Å²) in [4.78, 5) is 27.0. The van der Waals surface area contributed by atoms with Crippen LogP contribution in [-0.4, -0.2) is 41.7 Å². The number of hydrogen-bond acceptors (Lipinski definition) is 5. The Morgan fingerprint density at radius 3 is 2.90 bits per heavy atom. The standard InChI is InChI=1S/C14H16N2O4/c1-10(14(19)20-2)16-13(18)12-7-11(8-15-9-12)5-3-4-6-17/h7-10,17H,4,6H2,1-2H3,(H,16,18). The molecule has 0 fully saturated rings. The Hall–Kier alpha value is -2.39. The molecule has 0 bridgehead atoms. The molecule has 0 spiro atoms.